The summed E-state index contributed by atoms with van der Waals surface area (Å²) in [6.45, 7) is 6.69. The maximum absolute atomic E-state index is 14.2. The molecule has 139 heavy (non-hydrogen) atoms. The van der Waals surface area contributed by atoms with Crippen LogP contribution in [0.5, 0.6) is 0 Å². The first-order valence-corrected chi connectivity index (χ1v) is 46.2. The number of likely N-dealkylation sites (tertiary alicyclic amines) is 1. The van der Waals surface area contributed by atoms with E-state index < -0.39 is 110 Å². The maximum atomic E-state index is 14.2. The highest BCUT2D eigenvalue weighted by molar-refractivity contribution is 7.89. The zero-order valence-electron chi connectivity index (χ0n) is 75.5. The number of carbonyl (C=O) groups excluding carboxylic acids is 6. The van der Waals surface area contributed by atoms with Crippen molar-refractivity contribution in [1.29, 1.82) is 0 Å². The normalized spacial score (nSPS) is 24.3. The number of ether oxygens (including phenoxy) is 5. The number of nitrogens with one attached hydrogen (secondary N) is 1. The molecule has 0 saturated carbocycles. The molecule has 6 saturated heterocycles. The number of aliphatic hydroxyl groups excluding tert-OH is 4. The third kappa shape index (κ3) is 20.9. The van der Waals surface area contributed by atoms with Gasteiger partial charge in [0.15, 0.2) is 22.8 Å². The number of benzene rings is 10. The van der Waals surface area contributed by atoms with Crippen LogP contribution in [0.2, 0.25) is 0 Å². The minimum Gasteiger partial charge on any atom is -0.394 e. The first-order valence-electron chi connectivity index (χ1n) is 44.7. The minimum absolute atomic E-state index is 0.00838. The number of fused-ring (bicyclic) bond motifs is 4. The van der Waals surface area contributed by atoms with Crippen LogP contribution < -0.4 is 5.32 Å². The van der Waals surface area contributed by atoms with Gasteiger partial charge in [0.2, 0.25) is 0 Å². The van der Waals surface area contributed by atoms with Crippen molar-refractivity contribution in [3.05, 3.63) is 386 Å². The van der Waals surface area contributed by atoms with E-state index in [1.807, 2.05) is 140 Å². The molecule has 9 aliphatic heterocycles. The summed E-state index contributed by atoms with van der Waals surface area (Å²) >= 11 is 0. The number of hydrogen-bond donors (Lipinski definition) is 5. The van der Waals surface area contributed by atoms with Gasteiger partial charge in [-0.25, -0.2) is 8.42 Å². The summed E-state index contributed by atoms with van der Waals surface area (Å²) in [4.78, 5) is 104. The average Bonchev–Trinajstić information content (AvgIpc) is 1.47. The third-order valence-electron chi connectivity index (χ3n) is 25.6. The molecule has 1 unspecified atom stereocenters. The lowest BCUT2D eigenvalue weighted by molar-refractivity contribution is -0.387. The Labute approximate surface area is 798 Å². The Morgan fingerprint density at radius 2 is 0.791 bits per heavy atom. The van der Waals surface area contributed by atoms with Gasteiger partial charge in [-0.1, -0.05) is 190 Å². The number of imide groups is 3. The lowest BCUT2D eigenvalue weighted by Gasteiger charge is -2.57. The second kappa shape index (κ2) is 42.4. The third-order valence-corrected chi connectivity index (χ3v) is 27.6. The molecule has 0 radical (unpaired) electrons. The van der Waals surface area contributed by atoms with Crippen LogP contribution in [0.4, 0.5) is 5.69 Å². The van der Waals surface area contributed by atoms with E-state index in [-0.39, 0.29) is 129 Å². The Bertz CT molecular complexity index is 6710. The van der Waals surface area contributed by atoms with E-state index in [1.54, 1.807) is 113 Å². The molecule has 0 bridgehead atoms. The fourth-order valence-corrected chi connectivity index (χ4v) is 21.2. The largest absolute Gasteiger partial charge is 0.394 e. The molecule has 35 nitrogen and oxygen atoms in total. The van der Waals surface area contributed by atoms with Gasteiger partial charge in [0.05, 0.1) is 57.6 Å². The van der Waals surface area contributed by atoms with E-state index in [2.05, 4.69) is 75.8 Å². The van der Waals surface area contributed by atoms with Gasteiger partial charge in [-0.15, -0.1) is 0 Å². The number of para-hydroxylation sites is 1. The molecule has 6 amide bonds. The topological polar surface area (TPSA) is 481 Å². The minimum atomic E-state index is -4.60. The fraction of sp³-hybridized carbons (Fsp3) is 0.301. The lowest BCUT2D eigenvalue weighted by Crippen LogP contribution is -2.68. The predicted octanol–water partition coefficient (Wildman–Crippen LogP) is 12.2. The van der Waals surface area contributed by atoms with Crippen molar-refractivity contribution in [2.75, 3.05) is 59.0 Å². The quantitative estimate of drug-likeness (QED) is 0.00755. The maximum Gasteiger partial charge on any atom is 0.289 e. The van der Waals surface area contributed by atoms with E-state index in [1.165, 1.54) is 34.1 Å². The van der Waals surface area contributed by atoms with Crippen LogP contribution >= 0.6 is 0 Å². The molecule has 706 valence electrons. The smallest absolute Gasteiger partial charge is 0.289 e. The first-order chi connectivity index (χ1) is 67.1. The number of sulfonamides is 1. The number of nitro benzene ring substituents is 1. The van der Waals surface area contributed by atoms with Crippen molar-refractivity contribution in [3.63, 3.8) is 0 Å². The Kier molecular flexibility index (Phi) is 29.6. The predicted molar refractivity (Wildman–Crippen MR) is 506 cm³/mol. The van der Waals surface area contributed by atoms with Crippen molar-refractivity contribution in [2.45, 2.75) is 141 Å². The summed E-state index contributed by atoms with van der Waals surface area (Å²) in [5.41, 5.74) is 36.3. The monoisotopic (exact) mass is 1890 g/mol. The van der Waals surface area contributed by atoms with Crippen LogP contribution in [0.3, 0.4) is 0 Å². The van der Waals surface area contributed by atoms with Crippen LogP contribution in [0.1, 0.15) is 158 Å². The van der Waals surface area contributed by atoms with Crippen molar-refractivity contribution in [3.8, 4) is 35.5 Å². The number of rotatable bonds is 23. The van der Waals surface area contributed by atoms with Crippen LogP contribution in [-0.4, -0.2) is 243 Å². The molecule has 10 aromatic rings. The summed E-state index contributed by atoms with van der Waals surface area (Å²) in [5.74, 6) is 13.8. The number of nitro groups is 1. The summed E-state index contributed by atoms with van der Waals surface area (Å²) in [7, 11) is -4.60. The van der Waals surface area contributed by atoms with Gasteiger partial charge in [-0.2, -0.15) is 4.31 Å². The van der Waals surface area contributed by atoms with Crippen LogP contribution in [0.15, 0.2) is 281 Å². The van der Waals surface area contributed by atoms with Gasteiger partial charge < -0.3 is 49.4 Å². The highest BCUT2D eigenvalue weighted by Crippen LogP contribution is 2.49. The van der Waals surface area contributed by atoms with Gasteiger partial charge >= 0.3 is 0 Å². The zero-order chi connectivity index (χ0) is 98.0. The SMILES string of the molecule is CC1(C)O[C@@H]2[C@@H](CO)OC(O)[C@@H]2O1.CC1(C)O[C@H]([C@H](O)CO)[C@H](CN2[C@H](CN3C(=O)c4ccccc4C3=O)[C@H](c3ccc(C#Cc4ccccc4)cc3)[C@@H]2CN=[N+]=[N-])O1.[N-]=[N+]=NC[C@@H]1N[C@H](CN2C(=O)c3ccccc3C2=O)[C@@H]1c1ccc(C#Cc2ccccc2)cc1.[N-]=[N+]=NC[C@H]1[C@@H](c2ccc(C#Cc3ccccc3)cc2)[C@@H](CN2C(=O)c3ccccc3C2=O)N1S(=O)(=O)c1ccccc1[N+](=O)[O-]. The number of aliphatic hydroxyl groups is 4. The molecule has 9 aliphatic rings. The molecular formula is C103H94N16O19S. The molecule has 6 fully saturated rings. The number of nitrogens with zero attached hydrogens (tertiary/aromatic N) is 15. The van der Waals surface area contributed by atoms with Gasteiger partial charge in [-0.3, -0.25) is 58.5 Å². The van der Waals surface area contributed by atoms with E-state index in [9.17, 15) is 68.2 Å². The molecule has 10 aromatic carbocycles. The van der Waals surface area contributed by atoms with Crippen LogP contribution in [0, 0.1) is 45.6 Å². The molecule has 0 aromatic heterocycles. The standard InChI is InChI=1S/C35H35N5O6.C33H24N6O6S.C27H21N5O2.C8H14O5/c1-35(2)45-30(32(46-35)29(42)21-41)20-39-27(18-37-38-36)31(24-16-14-23(15-17-24)13-12-22-8-4-3-5-9-22)28(39)19-40-33(43)25-10-6-7-11-26(25)34(40)44;34-36-35-20-28-31(24-18-16-23(17-19-24)15-14-22-8-2-1-3-9-22)29(21-37-32(40)25-10-4-5-11-26(25)33(37)41)38(28)46(44,45)30-13-7-6-12-27(30)39(42)43;28-31-29-16-23-25(20-14-12-19(13-15-20)11-10-18-6-2-1-3-7-18)24(30-23)17-32-26(33)21-8-4-5-9-22(21)27(32)34;1-8(2)12-5-4(3-9)11-7(10)6(5)13-8/h3-11,14-17,27-32,41-42H,18-21H2,1-2H3;1-13,16-19,28-29,31H,20-21H2;1-9,12-15,23-25,30H,16-17H2;4-7,9-10H,3H2,1-2H3/t27-,28+,29+,30-,31+,32+;28-,29+,31+;23-,24+,25+;4-,5-,6-,7?/m0001/s1. The van der Waals surface area contributed by atoms with Crippen LogP contribution in [0.25, 0.3) is 31.3 Å². The summed E-state index contributed by atoms with van der Waals surface area (Å²) in [5, 5.41) is 65.1. The second-order valence-electron chi connectivity index (χ2n) is 34.9. The Morgan fingerprint density at radius 1 is 0.432 bits per heavy atom. The molecular weight excluding hydrogens is 1800 g/mol. The number of amides is 6. The molecule has 0 spiro atoms. The second-order valence-corrected chi connectivity index (χ2v) is 36.7. The first kappa shape index (κ1) is 97.2. The Hall–Kier alpha value is -14.9. The summed E-state index contributed by atoms with van der Waals surface area (Å²) in [6, 6.07) is 73.8. The Balaban J connectivity index is 0.000000142. The molecule has 19 rings (SSSR count). The van der Waals surface area contributed by atoms with Crippen molar-refractivity contribution >= 4 is 51.2 Å². The molecule has 9 heterocycles. The highest BCUT2D eigenvalue weighted by atomic mass is 32.2. The fourth-order valence-electron chi connectivity index (χ4n) is 19.2. The Morgan fingerprint density at radius 3 is 1.21 bits per heavy atom. The number of carbonyl (C=O) groups is 6. The van der Waals surface area contributed by atoms with Crippen LogP contribution in [-0.2, 0) is 33.7 Å². The van der Waals surface area contributed by atoms with Crippen molar-refractivity contribution in [1.82, 2.24) is 29.2 Å². The zero-order valence-corrected chi connectivity index (χ0v) is 76.3. The summed E-state index contributed by atoms with van der Waals surface area (Å²) in [6.07, 6.45) is -4.97. The molecule has 0 aliphatic carbocycles. The summed E-state index contributed by atoms with van der Waals surface area (Å²) < 4.78 is 57.5. The lowest BCUT2D eigenvalue weighted by atomic mass is 9.74. The van der Waals surface area contributed by atoms with E-state index >= 15 is 0 Å². The van der Waals surface area contributed by atoms with E-state index in [4.69, 9.17) is 39.9 Å². The highest BCUT2D eigenvalue weighted by Gasteiger charge is 2.60. The molecule has 5 N–H and O–H groups in total. The van der Waals surface area contributed by atoms with Gasteiger partial charge in [0.1, 0.15) is 36.6 Å². The van der Waals surface area contributed by atoms with Gasteiger partial charge in [-0.05, 0) is 176 Å². The van der Waals surface area contributed by atoms with Gasteiger partial charge in [0, 0.05) is 148 Å². The van der Waals surface area contributed by atoms with E-state index in [0.717, 1.165) is 60.3 Å². The number of azide groups is 3. The van der Waals surface area contributed by atoms with Crippen molar-refractivity contribution < 1.29 is 86.2 Å². The van der Waals surface area contributed by atoms with Gasteiger partial charge in [0.25, 0.3) is 51.2 Å². The average molecular weight is 1890 g/mol. The molecule has 16 atom stereocenters. The van der Waals surface area contributed by atoms with E-state index in [0.29, 0.717) is 33.4 Å². The van der Waals surface area contributed by atoms with Crippen molar-refractivity contribution in [2.24, 2.45) is 15.3 Å². The molecule has 36 heteroatoms. The number of hydrogen-bond acceptors (Lipinski definition) is 24.